The van der Waals surface area contributed by atoms with Crippen molar-refractivity contribution in [2.24, 2.45) is 0 Å². The number of fused-ring (bicyclic) bond motifs is 1. The van der Waals surface area contributed by atoms with Crippen molar-refractivity contribution in [3.8, 4) is 0 Å². The lowest BCUT2D eigenvalue weighted by Crippen LogP contribution is -2.42. The zero-order chi connectivity index (χ0) is 19.2. The Hall–Kier alpha value is -2.74. The van der Waals surface area contributed by atoms with Gasteiger partial charge in [-0.15, -0.1) is 0 Å². The summed E-state index contributed by atoms with van der Waals surface area (Å²) in [5.41, 5.74) is 1.52. The van der Waals surface area contributed by atoms with Gasteiger partial charge in [0.05, 0.1) is 30.4 Å². The number of hydrogen-bond donors (Lipinski definition) is 1. The summed E-state index contributed by atoms with van der Waals surface area (Å²) in [6.07, 6.45) is 3.80. The Kier molecular flexibility index (Phi) is 6.18. The van der Waals surface area contributed by atoms with E-state index in [9.17, 15) is 9.59 Å². The molecule has 144 valence electrons. The molecule has 0 unspecified atom stereocenters. The van der Waals surface area contributed by atoms with Crippen molar-refractivity contribution in [3.05, 3.63) is 47.8 Å². The van der Waals surface area contributed by atoms with Gasteiger partial charge in [-0.25, -0.2) is 4.98 Å². The van der Waals surface area contributed by atoms with Crippen molar-refractivity contribution in [1.29, 1.82) is 0 Å². The average Bonchev–Trinajstić information content (AvgIpc) is 3.09. The molecule has 2 aromatic heterocycles. The number of carbonyl (C=O) groups excluding carboxylic acids is 2. The Morgan fingerprint density at radius 1 is 1.30 bits per heavy atom. The summed E-state index contributed by atoms with van der Waals surface area (Å²) in [7, 11) is 0. The van der Waals surface area contributed by atoms with Crippen LogP contribution in [0.25, 0.3) is 0 Å². The van der Waals surface area contributed by atoms with Gasteiger partial charge in [0.25, 0.3) is 0 Å². The fourth-order valence-corrected chi connectivity index (χ4v) is 3.16. The Labute approximate surface area is 158 Å². The number of aromatic nitrogens is 3. The molecule has 0 fully saturated rings. The molecular formula is C19H25N5O3. The molecule has 3 heterocycles. The molecule has 2 amide bonds. The van der Waals surface area contributed by atoms with Crippen molar-refractivity contribution >= 4 is 11.8 Å². The van der Waals surface area contributed by atoms with E-state index in [1.807, 2.05) is 42.8 Å². The van der Waals surface area contributed by atoms with Crippen molar-refractivity contribution in [2.75, 3.05) is 19.8 Å². The van der Waals surface area contributed by atoms with Gasteiger partial charge < -0.3 is 19.5 Å². The topological polar surface area (TPSA) is 89.4 Å². The highest BCUT2D eigenvalue weighted by molar-refractivity contribution is 5.78. The predicted molar refractivity (Wildman–Crippen MR) is 98.6 cm³/mol. The fourth-order valence-electron chi connectivity index (χ4n) is 3.16. The first kappa shape index (κ1) is 19.0. The Morgan fingerprint density at radius 3 is 2.89 bits per heavy atom. The summed E-state index contributed by atoms with van der Waals surface area (Å²) in [6.45, 7) is 6.09. The summed E-state index contributed by atoms with van der Waals surface area (Å²) in [5, 5.41) is 2.86. The monoisotopic (exact) mass is 371 g/mol. The lowest BCUT2D eigenvalue weighted by Gasteiger charge is -2.33. The Morgan fingerprint density at radius 2 is 2.15 bits per heavy atom. The minimum atomic E-state index is -0.142. The summed E-state index contributed by atoms with van der Waals surface area (Å²) < 4.78 is 7.25. The molecule has 0 aromatic carbocycles. The van der Waals surface area contributed by atoms with E-state index in [4.69, 9.17) is 4.74 Å². The molecule has 1 aliphatic rings. The number of ether oxygens (including phenoxy) is 1. The van der Waals surface area contributed by atoms with Gasteiger partial charge in [0.2, 0.25) is 11.8 Å². The second-order valence-corrected chi connectivity index (χ2v) is 6.46. The van der Waals surface area contributed by atoms with E-state index in [1.165, 1.54) is 0 Å². The van der Waals surface area contributed by atoms with Crippen LogP contribution in [0, 0.1) is 0 Å². The second kappa shape index (κ2) is 8.77. The minimum Gasteiger partial charge on any atom is -0.372 e. The molecule has 8 heteroatoms. The molecule has 1 atom stereocenters. The third-order valence-corrected chi connectivity index (χ3v) is 4.56. The van der Waals surface area contributed by atoms with E-state index >= 15 is 0 Å². The molecule has 27 heavy (non-hydrogen) atoms. The average molecular weight is 371 g/mol. The van der Waals surface area contributed by atoms with Gasteiger partial charge in [0.1, 0.15) is 12.4 Å². The van der Waals surface area contributed by atoms with E-state index in [-0.39, 0.29) is 30.9 Å². The summed E-state index contributed by atoms with van der Waals surface area (Å²) in [6, 6.07) is 5.45. The lowest BCUT2D eigenvalue weighted by molar-refractivity contribution is -0.139. The van der Waals surface area contributed by atoms with Gasteiger partial charge in [0, 0.05) is 32.1 Å². The van der Waals surface area contributed by atoms with Crippen LogP contribution in [0.5, 0.6) is 0 Å². The number of nitrogens with zero attached hydrogens (tertiary/aromatic N) is 4. The quantitative estimate of drug-likeness (QED) is 0.787. The molecule has 0 saturated heterocycles. The van der Waals surface area contributed by atoms with Crippen LogP contribution >= 0.6 is 0 Å². The Balaban J connectivity index is 1.58. The van der Waals surface area contributed by atoms with Crippen LogP contribution in [0.1, 0.15) is 37.1 Å². The van der Waals surface area contributed by atoms with Gasteiger partial charge in [-0.05, 0) is 26.0 Å². The first-order chi connectivity index (χ1) is 13.1. The molecule has 0 saturated carbocycles. The maximum atomic E-state index is 12.3. The number of rotatable bonds is 7. The van der Waals surface area contributed by atoms with Crippen LogP contribution in [0.2, 0.25) is 0 Å². The van der Waals surface area contributed by atoms with Crippen LogP contribution in [0.3, 0.4) is 0 Å². The van der Waals surface area contributed by atoms with E-state index in [1.54, 1.807) is 11.1 Å². The third-order valence-electron chi connectivity index (χ3n) is 4.56. The van der Waals surface area contributed by atoms with Gasteiger partial charge in [-0.3, -0.25) is 14.6 Å². The molecule has 1 aliphatic heterocycles. The van der Waals surface area contributed by atoms with E-state index < -0.39 is 0 Å². The highest BCUT2D eigenvalue weighted by Crippen LogP contribution is 2.24. The van der Waals surface area contributed by atoms with Crippen molar-refractivity contribution in [3.63, 3.8) is 0 Å². The fraction of sp³-hybridized carbons (Fsp3) is 0.474. The standard InChI is InChI=1S/C19H25N5O3/c1-3-27-13-18(26)24-9-8-23-12-16(22-19(23)14(24)2)10-17(25)21-11-15-6-4-5-7-20-15/h4-7,12,14H,3,8-11,13H2,1-2H3,(H,21,25)/t14-/m0/s1. The maximum Gasteiger partial charge on any atom is 0.249 e. The molecule has 1 N–H and O–H groups in total. The number of carbonyl (C=O) groups is 2. The molecular weight excluding hydrogens is 346 g/mol. The number of nitrogens with one attached hydrogen (secondary N) is 1. The van der Waals surface area contributed by atoms with Gasteiger partial charge in [0.15, 0.2) is 0 Å². The second-order valence-electron chi connectivity index (χ2n) is 6.46. The zero-order valence-corrected chi connectivity index (χ0v) is 15.7. The number of hydrogen-bond acceptors (Lipinski definition) is 5. The summed E-state index contributed by atoms with van der Waals surface area (Å²) in [5.74, 6) is 0.667. The van der Waals surface area contributed by atoms with Crippen molar-refractivity contribution in [1.82, 2.24) is 24.8 Å². The normalized spacial score (nSPS) is 16.1. The molecule has 0 radical (unpaired) electrons. The van der Waals surface area contributed by atoms with Crippen LogP contribution in [0.4, 0.5) is 0 Å². The van der Waals surface area contributed by atoms with E-state index in [0.717, 1.165) is 11.5 Å². The first-order valence-corrected chi connectivity index (χ1v) is 9.18. The third kappa shape index (κ3) is 4.71. The smallest absolute Gasteiger partial charge is 0.249 e. The summed E-state index contributed by atoms with van der Waals surface area (Å²) in [4.78, 5) is 35.0. The van der Waals surface area contributed by atoms with Crippen molar-refractivity contribution in [2.45, 2.75) is 39.4 Å². The SMILES string of the molecule is CCOCC(=O)N1CCn2cc(CC(=O)NCc3ccccn3)nc2[C@@H]1C. The number of pyridine rings is 1. The van der Waals surface area contributed by atoms with Gasteiger partial charge in [-0.2, -0.15) is 0 Å². The number of amides is 2. The highest BCUT2D eigenvalue weighted by Gasteiger charge is 2.29. The van der Waals surface area contributed by atoms with Crippen molar-refractivity contribution < 1.29 is 14.3 Å². The highest BCUT2D eigenvalue weighted by atomic mass is 16.5. The molecule has 8 nitrogen and oxygen atoms in total. The minimum absolute atomic E-state index is 0.0340. The molecule has 3 rings (SSSR count). The van der Waals surface area contributed by atoms with Crippen LogP contribution in [-0.4, -0.2) is 51.0 Å². The predicted octanol–water partition coefficient (Wildman–Crippen LogP) is 1.08. The van der Waals surface area contributed by atoms with Gasteiger partial charge >= 0.3 is 0 Å². The largest absolute Gasteiger partial charge is 0.372 e. The van der Waals surface area contributed by atoms with Crippen LogP contribution in [-0.2, 0) is 33.8 Å². The van der Waals surface area contributed by atoms with Gasteiger partial charge in [-0.1, -0.05) is 6.07 Å². The molecule has 2 aromatic rings. The lowest BCUT2D eigenvalue weighted by atomic mass is 10.2. The summed E-state index contributed by atoms with van der Waals surface area (Å²) >= 11 is 0. The molecule has 0 bridgehead atoms. The van der Waals surface area contributed by atoms with E-state index in [2.05, 4.69) is 15.3 Å². The Bertz CT molecular complexity index is 790. The molecule has 0 spiro atoms. The first-order valence-electron chi connectivity index (χ1n) is 9.18. The molecule has 0 aliphatic carbocycles. The maximum absolute atomic E-state index is 12.3. The number of imidazole rings is 1. The van der Waals surface area contributed by atoms with E-state index in [0.29, 0.717) is 31.9 Å². The van der Waals surface area contributed by atoms with Crippen LogP contribution < -0.4 is 5.32 Å². The zero-order valence-electron chi connectivity index (χ0n) is 15.7. The van der Waals surface area contributed by atoms with Crippen LogP contribution in [0.15, 0.2) is 30.6 Å².